The molecule has 0 aliphatic heterocycles. The molecule has 0 radical (unpaired) electrons. The molecule has 0 saturated carbocycles. The van der Waals surface area contributed by atoms with E-state index < -0.39 is 0 Å². The van der Waals surface area contributed by atoms with Gasteiger partial charge in [-0.3, -0.25) is 4.68 Å². The lowest BCUT2D eigenvalue weighted by molar-refractivity contribution is 0.298. The molecule has 0 aromatic carbocycles. The third-order valence-electron chi connectivity index (χ3n) is 1.69. The van der Waals surface area contributed by atoms with E-state index in [0.29, 0.717) is 6.42 Å². The SMILES string of the molecule is CC.CCC.CCCCn1cc(CCO)nn1. The third kappa shape index (κ3) is 11.4. The highest BCUT2D eigenvalue weighted by Crippen LogP contribution is 1.96. The molecule has 0 amide bonds. The van der Waals surface area contributed by atoms with Crippen LogP contribution in [-0.4, -0.2) is 26.7 Å². The van der Waals surface area contributed by atoms with E-state index in [1.165, 1.54) is 6.42 Å². The van der Waals surface area contributed by atoms with Crippen LogP contribution in [0.4, 0.5) is 0 Å². The topological polar surface area (TPSA) is 50.9 Å². The molecule has 1 aromatic rings. The number of hydrogen-bond acceptors (Lipinski definition) is 3. The van der Waals surface area contributed by atoms with E-state index in [2.05, 4.69) is 31.1 Å². The van der Waals surface area contributed by atoms with Gasteiger partial charge in [0, 0.05) is 25.8 Å². The Hall–Kier alpha value is -0.900. The lowest BCUT2D eigenvalue weighted by atomic mass is 10.3. The van der Waals surface area contributed by atoms with Crippen molar-refractivity contribution in [1.82, 2.24) is 15.0 Å². The summed E-state index contributed by atoms with van der Waals surface area (Å²) in [7, 11) is 0. The van der Waals surface area contributed by atoms with Crippen molar-refractivity contribution in [3.63, 3.8) is 0 Å². The van der Waals surface area contributed by atoms with Crippen molar-refractivity contribution in [3.05, 3.63) is 11.9 Å². The van der Waals surface area contributed by atoms with E-state index in [0.717, 1.165) is 25.1 Å². The van der Waals surface area contributed by atoms with Gasteiger partial charge in [-0.2, -0.15) is 0 Å². The van der Waals surface area contributed by atoms with Gasteiger partial charge >= 0.3 is 0 Å². The maximum absolute atomic E-state index is 8.63. The van der Waals surface area contributed by atoms with Crippen LogP contribution in [0.25, 0.3) is 0 Å². The number of aryl methyl sites for hydroxylation is 1. The van der Waals surface area contributed by atoms with Crippen molar-refractivity contribution in [1.29, 1.82) is 0 Å². The first-order valence-electron chi connectivity index (χ1n) is 6.78. The van der Waals surface area contributed by atoms with Crippen LogP contribution in [0.5, 0.6) is 0 Å². The molecule has 1 aromatic heterocycles. The summed E-state index contributed by atoms with van der Waals surface area (Å²) in [6.07, 6.45) is 6.04. The summed E-state index contributed by atoms with van der Waals surface area (Å²) < 4.78 is 1.83. The maximum atomic E-state index is 8.63. The second-order valence-electron chi connectivity index (χ2n) is 3.51. The first-order chi connectivity index (χ1) is 8.28. The van der Waals surface area contributed by atoms with Crippen molar-refractivity contribution in [3.8, 4) is 0 Å². The molecule has 0 unspecified atom stereocenters. The minimum absolute atomic E-state index is 0.145. The molecule has 1 rings (SSSR count). The fraction of sp³-hybridized carbons (Fsp3) is 0.846. The fourth-order valence-electron chi connectivity index (χ4n) is 0.997. The van der Waals surface area contributed by atoms with Crippen LogP contribution in [0, 0.1) is 0 Å². The standard InChI is InChI=1S/C8H15N3O.C3H8.C2H6/c1-2-3-5-11-7-8(4-6-12)9-10-11;1-3-2;1-2/h7,12H,2-6H2,1H3;3H2,1-2H3;1-2H3. The van der Waals surface area contributed by atoms with Crippen molar-refractivity contribution in [2.24, 2.45) is 0 Å². The Balaban J connectivity index is 0. The average Bonchev–Trinajstić information content (AvgIpc) is 2.78. The van der Waals surface area contributed by atoms with Gasteiger partial charge in [0.05, 0.1) is 5.69 Å². The number of rotatable bonds is 5. The summed E-state index contributed by atoms with van der Waals surface area (Å²) >= 11 is 0. The van der Waals surface area contributed by atoms with E-state index in [-0.39, 0.29) is 6.61 Å². The van der Waals surface area contributed by atoms with Gasteiger partial charge in [-0.15, -0.1) is 5.10 Å². The smallest absolute Gasteiger partial charge is 0.0849 e. The van der Waals surface area contributed by atoms with Gasteiger partial charge in [0.2, 0.25) is 0 Å². The molecular weight excluding hydrogens is 214 g/mol. The predicted molar refractivity (Wildman–Crippen MR) is 73.0 cm³/mol. The van der Waals surface area contributed by atoms with Crippen LogP contribution in [0.2, 0.25) is 0 Å². The highest BCUT2D eigenvalue weighted by atomic mass is 16.3. The second-order valence-corrected chi connectivity index (χ2v) is 3.51. The van der Waals surface area contributed by atoms with Crippen LogP contribution in [0.15, 0.2) is 6.20 Å². The quantitative estimate of drug-likeness (QED) is 0.864. The van der Waals surface area contributed by atoms with Gasteiger partial charge < -0.3 is 5.11 Å². The highest BCUT2D eigenvalue weighted by Gasteiger charge is 1.98. The minimum Gasteiger partial charge on any atom is -0.396 e. The normalized spacial score (nSPS) is 8.82. The summed E-state index contributed by atoms with van der Waals surface area (Å²) in [5, 5.41) is 16.5. The number of unbranched alkanes of at least 4 members (excludes halogenated alkanes) is 1. The Morgan fingerprint density at radius 3 is 2.29 bits per heavy atom. The lowest BCUT2D eigenvalue weighted by Crippen LogP contribution is -1.97. The molecule has 0 aliphatic carbocycles. The number of aliphatic hydroxyl groups excluding tert-OH is 1. The first kappa shape index (κ1) is 18.5. The second kappa shape index (κ2) is 15.1. The van der Waals surface area contributed by atoms with Gasteiger partial charge in [0.25, 0.3) is 0 Å². The van der Waals surface area contributed by atoms with E-state index in [1.807, 2.05) is 24.7 Å². The molecule has 1 N–H and O–H groups in total. The van der Waals surface area contributed by atoms with Crippen LogP contribution in [0.1, 0.15) is 59.6 Å². The van der Waals surface area contributed by atoms with Crippen molar-refractivity contribution in [2.45, 2.75) is 66.8 Å². The number of hydrogen-bond donors (Lipinski definition) is 1. The lowest BCUT2D eigenvalue weighted by Gasteiger charge is -1.95. The summed E-state index contributed by atoms with van der Waals surface area (Å²) in [5.41, 5.74) is 0.869. The Morgan fingerprint density at radius 2 is 1.82 bits per heavy atom. The molecule has 0 fully saturated rings. The largest absolute Gasteiger partial charge is 0.396 e. The Bertz CT molecular complexity index is 236. The molecule has 0 spiro atoms. The van der Waals surface area contributed by atoms with Crippen LogP contribution < -0.4 is 0 Å². The number of aliphatic hydroxyl groups is 1. The summed E-state index contributed by atoms with van der Waals surface area (Å²) in [5.74, 6) is 0. The predicted octanol–water partition coefficient (Wildman–Crippen LogP) is 3.06. The zero-order valence-electron chi connectivity index (χ0n) is 12.1. The minimum atomic E-state index is 0.145. The molecule has 4 heteroatoms. The summed E-state index contributed by atoms with van der Waals surface area (Å²) in [6, 6.07) is 0. The molecule has 102 valence electrons. The third-order valence-corrected chi connectivity index (χ3v) is 1.69. The van der Waals surface area contributed by atoms with Crippen molar-refractivity contribution >= 4 is 0 Å². The molecule has 0 bridgehead atoms. The molecule has 4 nitrogen and oxygen atoms in total. The van der Waals surface area contributed by atoms with E-state index in [9.17, 15) is 0 Å². The van der Waals surface area contributed by atoms with Gasteiger partial charge in [-0.1, -0.05) is 52.7 Å². The van der Waals surface area contributed by atoms with Crippen LogP contribution >= 0.6 is 0 Å². The maximum Gasteiger partial charge on any atom is 0.0849 e. The highest BCUT2D eigenvalue weighted by molar-refractivity contribution is 4.91. The van der Waals surface area contributed by atoms with Gasteiger partial charge in [-0.05, 0) is 6.42 Å². The monoisotopic (exact) mass is 243 g/mol. The number of aromatic nitrogens is 3. The average molecular weight is 243 g/mol. The summed E-state index contributed by atoms with van der Waals surface area (Å²) in [4.78, 5) is 0. The van der Waals surface area contributed by atoms with E-state index in [1.54, 1.807) is 0 Å². The Morgan fingerprint density at radius 1 is 1.24 bits per heavy atom. The Labute approximate surface area is 106 Å². The first-order valence-corrected chi connectivity index (χ1v) is 6.78. The fourth-order valence-corrected chi connectivity index (χ4v) is 0.997. The molecule has 0 saturated heterocycles. The van der Waals surface area contributed by atoms with Crippen LogP contribution in [-0.2, 0) is 13.0 Å². The van der Waals surface area contributed by atoms with Gasteiger partial charge in [0.1, 0.15) is 0 Å². The molecular formula is C13H29N3O. The molecule has 0 atom stereocenters. The van der Waals surface area contributed by atoms with Gasteiger partial charge in [-0.25, -0.2) is 0 Å². The number of nitrogens with zero attached hydrogens (tertiary/aromatic N) is 3. The summed E-state index contributed by atoms with van der Waals surface area (Å²) in [6.45, 7) is 11.5. The van der Waals surface area contributed by atoms with Crippen LogP contribution in [0.3, 0.4) is 0 Å². The molecule has 1 heterocycles. The molecule has 17 heavy (non-hydrogen) atoms. The zero-order chi connectivity index (χ0) is 13.5. The zero-order valence-corrected chi connectivity index (χ0v) is 12.1. The van der Waals surface area contributed by atoms with Crippen molar-refractivity contribution in [2.75, 3.05) is 6.61 Å². The van der Waals surface area contributed by atoms with E-state index in [4.69, 9.17) is 5.11 Å². The Kier molecular flexibility index (Phi) is 16.4. The molecule has 0 aliphatic rings. The van der Waals surface area contributed by atoms with Gasteiger partial charge in [0.15, 0.2) is 0 Å². The van der Waals surface area contributed by atoms with Crippen molar-refractivity contribution < 1.29 is 5.11 Å². The van der Waals surface area contributed by atoms with E-state index >= 15 is 0 Å².